The van der Waals surface area contributed by atoms with Gasteiger partial charge in [-0.3, -0.25) is 14.4 Å². The molecule has 1 aliphatic rings. The van der Waals surface area contributed by atoms with Gasteiger partial charge in [0.15, 0.2) is 0 Å². The van der Waals surface area contributed by atoms with Crippen molar-refractivity contribution < 1.29 is 23.5 Å². The second-order valence-corrected chi connectivity index (χ2v) is 7.62. The van der Waals surface area contributed by atoms with E-state index in [2.05, 4.69) is 5.10 Å². The van der Waals surface area contributed by atoms with Gasteiger partial charge < -0.3 is 14.5 Å². The van der Waals surface area contributed by atoms with Gasteiger partial charge in [0.05, 0.1) is 42.2 Å². The van der Waals surface area contributed by atoms with Gasteiger partial charge >= 0.3 is 5.97 Å². The number of hydrogen-bond acceptors (Lipinski definition) is 5. The van der Waals surface area contributed by atoms with Gasteiger partial charge in [-0.1, -0.05) is 0 Å². The number of likely N-dealkylation sites (N-methyl/N-ethyl adjacent to an activating group) is 1. The van der Waals surface area contributed by atoms with Crippen LogP contribution in [-0.4, -0.2) is 70.7 Å². The van der Waals surface area contributed by atoms with Crippen LogP contribution in [0.5, 0.6) is 0 Å². The fourth-order valence-electron chi connectivity index (χ4n) is 3.70. The van der Waals surface area contributed by atoms with Crippen LogP contribution in [0.1, 0.15) is 35.8 Å². The lowest BCUT2D eigenvalue weighted by molar-refractivity contribution is -0.151. The number of esters is 1. The van der Waals surface area contributed by atoms with Crippen LogP contribution in [0.3, 0.4) is 0 Å². The Morgan fingerprint density at radius 2 is 1.97 bits per heavy atom. The van der Waals surface area contributed by atoms with Gasteiger partial charge in [0.25, 0.3) is 5.91 Å². The molecular formula is C22H27FN4O4. The zero-order valence-corrected chi connectivity index (χ0v) is 18.0. The van der Waals surface area contributed by atoms with E-state index in [1.54, 1.807) is 42.6 Å². The first-order valence-electron chi connectivity index (χ1n) is 10.3. The number of hydrogen-bond donors (Lipinski definition) is 0. The van der Waals surface area contributed by atoms with Crippen molar-refractivity contribution in [2.24, 2.45) is 5.92 Å². The van der Waals surface area contributed by atoms with Crippen LogP contribution in [0.25, 0.3) is 5.69 Å². The molecule has 1 atom stereocenters. The zero-order chi connectivity index (χ0) is 22.5. The summed E-state index contributed by atoms with van der Waals surface area (Å²) in [5, 5.41) is 4.23. The second-order valence-electron chi connectivity index (χ2n) is 7.62. The van der Waals surface area contributed by atoms with Crippen LogP contribution in [0.4, 0.5) is 4.39 Å². The third kappa shape index (κ3) is 5.10. The van der Waals surface area contributed by atoms with Crippen molar-refractivity contribution >= 4 is 17.8 Å². The molecule has 9 heteroatoms. The minimum absolute atomic E-state index is 0.102. The van der Waals surface area contributed by atoms with Crippen LogP contribution < -0.4 is 0 Å². The van der Waals surface area contributed by atoms with E-state index >= 15 is 0 Å². The highest BCUT2D eigenvalue weighted by atomic mass is 19.1. The molecule has 2 heterocycles. The molecule has 1 aromatic carbocycles. The normalized spacial score (nSPS) is 16.1. The molecule has 31 heavy (non-hydrogen) atoms. The fourth-order valence-corrected chi connectivity index (χ4v) is 3.70. The molecule has 2 aromatic rings. The van der Waals surface area contributed by atoms with Gasteiger partial charge in [-0.2, -0.15) is 5.10 Å². The topological polar surface area (TPSA) is 84.7 Å². The summed E-state index contributed by atoms with van der Waals surface area (Å²) in [6, 6.07) is 5.80. The molecule has 1 fully saturated rings. The van der Waals surface area contributed by atoms with Crippen LogP contribution in [0, 0.1) is 18.7 Å². The molecule has 1 aliphatic heterocycles. The average molecular weight is 430 g/mol. The first kappa shape index (κ1) is 22.5. The molecule has 3 rings (SSSR count). The van der Waals surface area contributed by atoms with Crippen LogP contribution in [-0.2, 0) is 14.3 Å². The summed E-state index contributed by atoms with van der Waals surface area (Å²) in [6.07, 6.45) is 2.86. The van der Waals surface area contributed by atoms with E-state index in [-0.39, 0.29) is 36.1 Å². The number of ether oxygens (including phenoxy) is 1. The van der Waals surface area contributed by atoms with E-state index in [1.807, 2.05) is 0 Å². The summed E-state index contributed by atoms with van der Waals surface area (Å²) >= 11 is 0. The number of carbonyl (C=O) groups excluding carboxylic acids is 3. The van der Waals surface area contributed by atoms with Gasteiger partial charge in [-0.15, -0.1) is 0 Å². The number of nitrogens with zero attached hydrogens (tertiary/aromatic N) is 4. The highest BCUT2D eigenvalue weighted by Crippen LogP contribution is 2.19. The molecular weight excluding hydrogens is 403 g/mol. The number of halogens is 1. The maximum Gasteiger partial charge on any atom is 0.310 e. The monoisotopic (exact) mass is 430 g/mol. The number of aromatic nitrogens is 2. The molecule has 1 saturated heterocycles. The lowest BCUT2D eigenvalue weighted by Crippen LogP contribution is -2.47. The van der Waals surface area contributed by atoms with Crippen molar-refractivity contribution in [3.05, 3.63) is 47.5 Å². The summed E-state index contributed by atoms with van der Waals surface area (Å²) in [6.45, 7) is 4.57. The zero-order valence-electron chi connectivity index (χ0n) is 18.0. The number of benzene rings is 1. The van der Waals surface area contributed by atoms with E-state index in [0.717, 1.165) is 6.42 Å². The Kier molecular flexibility index (Phi) is 7.04. The van der Waals surface area contributed by atoms with Crippen molar-refractivity contribution in [3.63, 3.8) is 0 Å². The number of likely N-dealkylation sites (tertiary alicyclic amines) is 1. The Labute approximate surface area is 180 Å². The minimum Gasteiger partial charge on any atom is -0.466 e. The van der Waals surface area contributed by atoms with E-state index in [1.165, 1.54) is 23.2 Å². The lowest BCUT2D eigenvalue weighted by atomic mass is 9.98. The summed E-state index contributed by atoms with van der Waals surface area (Å²) < 4.78 is 19.8. The van der Waals surface area contributed by atoms with Crippen LogP contribution >= 0.6 is 0 Å². The molecule has 0 radical (unpaired) electrons. The molecule has 0 N–H and O–H groups in total. The predicted molar refractivity (Wildman–Crippen MR) is 111 cm³/mol. The summed E-state index contributed by atoms with van der Waals surface area (Å²) in [4.78, 5) is 40.6. The van der Waals surface area contributed by atoms with Gasteiger partial charge in [0, 0.05) is 20.1 Å². The molecule has 0 bridgehead atoms. The first-order chi connectivity index (χ1) is 14.8. The number of rotatable bonds is 6. The third-order valence-corrected chi connectivity index (χ3v) is 5.42. The van der Waals surface area contributed by atoms with Crippen molar-refractivity contribution in [3.8, 4) is 5.69 Å². The molecule has 1 unspecified atom stereocenters. The number of carbonyl (C=O) groups is 3. The Hall–Kier alpha value is -3.23. The van der Waals surface area contributed by atoms with Crippen molar-refractivity contribution in [2.45, 2.75) is 26.7 Å². The van der Waals surface area contributed by atoms with Crippen LogP contribution in [0.2, 0.25) is 0 Å². The quantitative estimate of drug-likeness (QED) is 0.656. The van der Waals surface area contributed by atoms with Crippen molar-refractivity contribution in [1.29, 1.82) is 0 Å². The Morgan fingerprint density at radius 1 is 1.26 bits per heavy atom. The molecule has 1 aromatic heterocycles. The second kappa shape index (κ2) is 9.72. The molecule has 2 amide bonds. The van der Waals surface area contributed by atoms with Gasteiger partial charge in [0.2, 0.25) is 5.91 Å². The maximum absolute atomic E-state index is 13.2. The average Bonchev–Trinajstić information content (AvgIpc) is 3.15. The molecule has 166 valence electrons. The molecule has 0 spiro atoms. The fraction of sp³-hybridized carbons (Fsp3) is 0.455. The summed E-state index contributed by atoms with van der Waals surface area (Å²) in [5.41, 5.74) is 1.59. The Bertz CT molecular complexity index is 957. The highest BCUT2D eigenvalue weighted by Gasteiger charge is 2.30. The number of piperidine rings is 1. The third-order valence-electron chi connectivity index (χ3n) is 5.42. The Morgan fingerprint density at radius 3 is 2.65 bits per heavy atom. The standard InChI is InChI=1S/C22H27FN4O4/c1-4-31-22(30)16-6-5-11-26(13-16)20(28)14-25(3)21(29)19-12-24-27(15(19)2)18-9-7-17(23)8-10-18/h7-10,12,16H,4-6,11,13-14H2,1-3H3. The smallest absolute Gasteiger partial charge is 0.310 e. The van der Waals surface area contributed by atoms with E-state index in [4.69, 9.17) is 4.74 Å². The molecule has 0 saturated carbocycles. The van der Waals surface area contributed by atoms with Crippen LogP contribution in [0.15, 0.2) is 30.5 Å². The maximum atomic E-state index is 13.2. The molecule has 8 nitrogen and oxygen atoms in total. The largest absolute Gasteiger partial charge is 0.466 e. The van der Waals surface area contributed by atoms with Crippen molar-refractivity contribution in [1.82, 2.24) is 19.6 Å². The number of amides is 2. The van der Waals surface area contributed by atoms with Gasteiger partial charge in [0.1, 0.15) is 5.82 Å². The van der Waals surface area contributed by atoms with E-state index < -0.39 is 0 Å². The van der Waals surface area contributed by atoms with Gasteiger partial charge in [-0.05, 0) is 51.0 Å². The highest BCUT2D eigenvalue weighted by molar-refractivity contribution is 5.97. The van der Waals surface area contributed by atoms with Crippen molar-refractivity contribution in [2.75, 3.05) is 33.3 Å². The lowest BCUT2D eigenvalue weighted by Gasteiger charge is -2.32. The molecule has 0 aliphatic carbocycles. The summed E-state index contributed by atoms with van der Waals surface area (Å²) in [5.74, 6) is -1.51. The first-order valence-corrected chi connectivity index (χ1v) is 10.3. The summed E-state index contributed by atoms with van der Waals surface area (Å²) in [7, 11) is 1.56. The SMILES string of the molecule is CCOC(=O)C1CCCN(C(=O)CN(C)C(=O)c2cnn(-c3ccc(F)cc3)c2C)C1. The minimum atomic E-state index is -0.356. The van der Waals surface area contributed by atoms with E-state index in [9.17, 15) is 18.8 Å². The van der Waals surface area contributed by atoms with E-state index in [0.29, 0.717) is 43.1 Å². The predicted octanol–water partition coefficient (Wildman–Crippen LogP) is 2.19. The van der Waals surface area contributed by atoms with Gasteiger partial charge in [-0.25, -0.2) is 9.07 Å². The Balaban J connectivity index is 1.64.